The van der Waals surface area contributed by atoms with Crippen molar-refractivity contribution in [2.75, 3.05) is 31.2 Å². The summed E-state index contributed by atoms with van der Waals surface area (Å²) in [5.74, 6) is -0.0987. The Hall–Kier alpha value is -2.04. The van der Waals surface area contributed by atoms with E-state index in [2.05, 4.69) is 10.2 Å². The number of carbonyl (C=O) groups excluding carboxylic acids is 1. The van der Waals surface area contributed by atoms with Gasteiger partial charge in [0.25, 0.3) is 5.91 Å². The molecule has 1 aliphatic rings. The number of carbonyl (C=O) groups is 1. The lowest BCUT2D eigenvalue weighted by atomic mass is 10.1. The molecule has 0 spiro atoms. The quantitative estimate of drug-likeness (QED) is 0.936. The van der Waals surface area contributed by atoms with Crippen molar-refractivity contribution >= 4 is 23.2 Å². The van der Waals surface area contributed by atoms with Crippen LogP contribution >= 0.6 is 11.6 Å². The van der Waals surface area contributed by atoms with Crippen molar-refractivity contribution in [3.05, 3.63) is 64.7 Å². The minimum absolute atomic E-state index is 0.0987. The zero-order chi connectivity index (χ0) is 16.1. The van der Waals surface area contributed by atoms with Gasteiger partial charge in [-0.15, -0.1) is 0 Å². The first-order valence-corrected chi connectivity index (χ1v) is 8.06. The Bertz CT molecular complexity index is 667. The standard InChI is InChI=1S/C18H19ClN2O2/c19-17-4-2-1-3-15(17)13-20-18(22)14-5-7-16(8-6-14)21-9-11-23-12-10-21/h1-8H,9-13H2,(H,20,22). The molecule has 0 aliphatic carbocycles. The van der Waals surface area contributed by atoms with Gasteiger partial charge in [0, 0.05) is 35.9 Å². The maximum atomic E-state index is 12.2. The average Bonchev–Trinajstić information content (AvgIpc) is 2.62. The largest absolute Gasteiger partial charge is 0.378 e. The van der Waals surface area contributed by atoms with Crippen LogP contribution in [-0.4, -0.2) is 32.2 Å². The van der Waals surface area contributed by atoms with Crippen LogP contribution in [0.25, 0.3) is 0 Å². The van der Waals surface area contributed by atoms with Crippen LogP contribution in [0.4, 0.5) is 5.69 Å². The molecule has 4 nitrogen and oxygen atoms in total. The Morgan fingerprint density at radius 1 is 1.09 bits per heavy atom. The van der Waals surface area contributed by atoms with Crippen LogP contribution in [0.2, 0.25) is 5.02 Å². The first-order chi connectivity index (χ1) is 11.2. The van der Waals surface area contributed by atoms with Gasteiger partial charge in [-0.25, -0.2) is 0 Å². The average molecular weight is 331 g/mol. The molecule has 2 aromatic rings. The van der Waals surface area contributed by atoms with Gasteiger partial charge in [0.15, 0.2) is 0 Å². The number of anilines is 1. The van der Waals surface area contributed by atoms with E-state index in [1.54, 1.807) is 0 Å². The second-order valence-corrected chi connectivity index (χ2v) is 5.83. The van der Waals surface area contributed by atoms with Gasteiger partial charge in [0.05, 0.1) is 13.2 Å². The van der Waals surface area contributed by atoms with Gasteiger partial charge in [-0.05, 0) is 35.9 Å². The van der Waals surface area contributed by atoms with Crippen molar-refractivity contribution in [3.63, 3.8) is 0 Å². The summed E-state index contributed by atoms with van der Waals surface area (Å²) >= 11 is 6.09. The number of nitrogens with one attached hydrogen (secondary N) is 1. The molecule has 0 radical (unpaired) electrons. The second-order valence-electron chi connectivity index (χ2n) is 5.42. The zero-order valence-corrected chi connectivity index (χ0v) is 13.6. The molecular formula is C18H19ClN2O2. The molecule has 1 fully saturated rings. The van der Waals surface area contributed by atoms with Gasteiger partial charge >= 0.3 is 0 Å². The maximum absolute atomic E-state index is 12.2. The minimum atomic E-state index is -0.0987. The first-order valence-electron chi connectivity index (χ1n) is 7.68. The molecule has 1 saturated heterocycles. The van der Waals surface area contributed by atoms with E-state index in [0.29, 0.717) is 17.1 Å². The van der Waals surface area contributed by atoms with Crippen LogP contribution in [0.15, 0.2) is 48.5 Å². The lowest BCUT2D eigenvalue weighted by molar-refractivity contribution is 0.0951. The number of amides is 1. The van der Waals surface area contributed by atoms with E-state index in [0.717, 1.165) is 37.6 Å². The van der Waals surface area contributed by atoms with Crippen LogP contribution in [0, 0.1) is 0 Å². The second kappa shape index (κ2) is 7.49. The van der Waals surface area contributed by atoms with E-state index in [9.17, 15) is 4.79 Å². The van der Waals surface area contributed by atoms with Gasteiger partial charge in [0.2, 0.25) is 0 Å². The Morgan fingerprint density at radius 3 is 2.48 bits per heavy atom. The molecule has 0 aromatic heterocycles. The van der Waals surface area contributed by atoms with Crippen LogP contribution in [0.1, 0.15) is 15.9 Å². The maximum Gasteiger partial charge on any atom is 0.251 e. The van der Waals surface area contributed by atoms with E-state index in [4.69, 9.17) is 16.3 Å². The Balaban J connectivity index is 1.60. The van der Waals surface area contributed by atoms with Crippen molar-refractivity contribution in [1.29, 1.82) is 0 Å². The van der Waals surface area contributed by atoms with Gasteiger partial charge < -0.3 is 15.0 Å². The molecule has 120 valence electrons. The number of hydrogen-bond acceptors (Lipinski definition) is 3. The van der Waals surface area contributed by atoms with Gasteiger partial charge in [0.1, 0.15) is 0 Å². The number of hydrogen-bond donors (Lipinski definition) is 1. The van der Waals surface area contributed by atoms with E-state index in [1.165, 1.54) is 0 Å². The van der Waals surface area contributed by atoms with E-state index >= 15 is 0 Å². The van der Waals surface area contributed by atoms with E-state index in [-0.39, 0.29) is 5.91 Å². The Labute approximate surface area is 141 Å². The predicted molar refractivity (Wildman–Crippen MR) is 92.1 cm³/mol. The van der Waals surface area contributed by atoms with Gasteiger partial charge in [-0.2, -0.15) is 0 Å². The highest BCUT2D eigenvalue weighted by atomic mass is 35.5. The van der Waals surface area contributed by atoms with Crippen LogP contribution < -0.4 is 10.2 Å². The smallest absolute Gasteiger partial charge is 0.251 e. The fraction of sp³-hybridized carbons (Fsp3) is 0.278. The number of morpholine rings is 1. The molecule has 0 saturated carbocycles. The van der Waals surface area contributed by atoms with E-state index in [1.807, 2.05) is 48.5 Å². The summed E-state index contributed by atoms with van der Waals surface area (Å²) in [6, 6.07) is 15.2. The van der Waals surface area contributed by atoms with Crippen molar-refractivity contribution in [3.8, 4) is 0 Å². The molecule has 1 N–H and O–H groups in total. The van der Waals surface area contributed by atoms with Gasteiger partial charge in [-0.1, -0.05) is 29.8 Å². The summed E-state index contributed by atoms with van der Waals surface area (Å²) in [4.78, 5) is 14.5. The summed E-state index contributed by atoms with van der Waals surface area (Å²) in [6.45, 7) is 3.69. The molecule has 2 aromatic carbocycles. The summed E-state index contributed by atoms with van der Waals surface area (Å²) < 4.78 is 5.35. The molecule has 1 heterocycles. The first kappa shape index (κ1) is 15.8. The third-order valence-corrected chi connectivity index (χ3v) is 4.27. The number of rotatable bonds is 4. The van der Waals surface area contributed by atoms with Crippen molar-refractivity contribution < 1.29 is 9.53 Å². The number of ether oxygens (including phenoxy) is 1. The summed E-state index contributed by atoms with van der Waals surface area (Å²) in [7, 11) is 0. The SMILES string of the molecule is O=C(NCc1ccccc1Cl)c1ccc(N2CCOCC2)cc1. The normalized spacial score (nSPS) is 14.6. The van der Waals surface area contributed by atoms with Gasteiger partial charge in [-0.3, -0.25) is 4.79 Å². The fourth-order valence-corrected chi connectivity index (χ4v) is 2.77. The van der Waals surface area contributed by atoms with Crippen molar-refractivity contribution in [2.45, 2.75) is 6.54 Å². The monoisotopic (exact) mass is 330 g/mol. The molecule has 23 heavy (non-hydrogen) atoms. The number of benzene rings is 2. The fourth-order valence-electron chi connectivity index (χ4n) is 2.56. The minimum Gasteiger partial charge on any atom is -0.378 e. The van der Waals surface area contributed by atoms with Crippen molar-refractivity contribution in [2.24, 2.45) is 0 Å². The predicted octanol–water partition coefficient (Wildman–Crippen LogP) is 3.11. The highest BCUT2D eigenvalue weighted by Gasteiger charge is 2.12. The third-order valence-electron chi connectivity index (χ3n) is 3.90. The molecule has 1 amide bonds. The Morgan fingerprint density at radius 2 is 1.78 bits per heavy atom. The van der Waals surface area contributed by atoms with E-state index < -0.39 is 0 Å². The molecule has 0 bridgehead atoms. The molecule has 0 atom stereocenters. The molecule has 1 aliphatic heterocycles. The summed E-state index contributed by atoms with van der Waals surface area (Å²) in [5.41, 5.74) is 2.68. The Kier molecular flexibility index (Phi) is 5.16. The topological polar surface area (TPSA) is 41.6 Å². The molecular weight excluding hydrogens is 312 g/mol. The molecule has 5 heteroatoms. The summed E-state index contributed by atoms with van der Waals surface area (Å²) in [5, 5.41) is 3.56. The van der Waals surface area contributed by atoms with Crippen LogP contribution in [-0.2, 0) is 11.3 Å². The molecule has 0 unspecified atom stereocenters. The van der Waals surface area contributed by atoms with Crippen LogP contribution in [0.5, 0.6) is 0 Å². The number of nitrogens with zero attached hydrogens (tertiary/aromatic N) is 1. The van der Waals surface area contributed by atoms with Crippen LogP contribution in [0.3, 0.4) is 0 Å². The van der Waals surface area contributed by atoms with Crippen molar-refractivity contribution in [1.82, 2.24) is 5.32 Å². The summed E-state index contributed by atoms with van der Waals surface area (Å²) in [6.07, 6.45) is 0. The third kappa shape index (κ3) is 4.03. The lowest BCUT2D eigenvalue weighted by Crippen LogP contribution is -2.36. The zero-order valence-electron chi connectivity index (χ0n) is 12.8. The lowest BCUT2D eigenvalue weighted by Gasteiger charge is -2.28. The number of halogens is 1. The highest BCUT2D eigenvalue weighted by Crippen LogP contribution is 2.17. The molecule has 3 rings (SSSR count). The highest BCUT2D eigenvalue weighted by molar-refractivity contribution is 6.31.